The summed E-state index contributed by atoms with van der Waals surface area (Å²) in [5.41, 5.74) is 2.17. The third kappa shape index (κ3) is 4.70. The Kier molecular flexibility index (Phi) is 6.74. The highest BCUT2D eigenvalue weighted by molar-refractivity contribution is 7.90. The Morgan fingerprint density at radius 2 is 1.12 bits per heavy atom. The lowest BCUT2D eigenvalue weighted by Gasteiger charge is -2.23. The number of hydrogen-bond donors (Lipinski definition) is 0. The average molecular weight is 495 g/mol. The van der Waals surface area contributed by atoms with Gasteiger partial charge in [-0.2, -0.15) is 4.31 Å². The summed E-state index contributed by atoms with van der Waals surface area (Å²) in [6.07, 6.45) is 0. The topological polar surface area (TPSA) is 76.5 Å². The van der Waals surface area contributed by atoms with Crippen molar-refractivity contribution < 1.29 is 16.8 Å². The molecule has 176 valence electrons. The maximum Gasteiger partial charge on any atom is 0.268 e. The van der Waals surface area contributed by atoms with Gasteiger partial charge in [-0.3, -0.25) is 0 Å². The third-order valence-corrected chi connectivity index (χ3v) is 9.44. The van der Waals surface area contributed by atoms with Gasteiger partial charge in [-0.15, -0.1) is 0 Å². The van der Waals surface area contributed by atoms with E-state index in [2.05, 4.69) is 0 Å². The molecule has 0 atom stereocenters. The summed E-state index contributed by atoms with van der Waals surface area (Å²) in [5.74, 6) is 0. The Morgan fingerprint density at radius 3 is 1.59 bits per heavy atom. The van der Waals surface area contributed by atoms with Crippen LogP contribution in [0.3, 0.4) is 0 Å². The molecule has 0 aliphatic rings. The van der Waals surface area contributed by atoms with Crippen LogP contribution in [-0.2, 0) is 33.1 Å². The van der Waals surface area contributed by atoms with Crippen molar-refractivity contribution in [3.63, 3.8) is 0 Å². The Labute approximate surface area is 201 Å². The lowest BCUT2D eigenvalue weighted by molar-refractivity contribution is 0.401. The van der Waals surface area contributed by atoms with Crippen molar-refractivity contribution in [2.24, 2.45) is 0 Å². The molecule has 0 fully saturated rings. The number of aryl methyl sites for hydroxylation is 1. The van der Waals surface area contributed by atoms with Gasteiger partial charge in [0.1, 0.15) is 4.90 Å². The number of hydrogen-bond acceptors (Lipinski definition) is 4. The van der Waals surface area contributed by atoms with Crippen molar-refractivity contribution >= 4 is 20.0 Å². The summed E-state index contributed by atoms with van der Waals surface area (Å²) in [7, 11) is -7.97. The minimum absolute atomic E-state index is 0.0173. The molecule has 0 aliphatic heterocycles. The first kappa shape index (κ1) is 23.9. The van der Waals surface area contributed by atoms with Crippen molar-refractivity contribution in [2.75, 3.05) is 0 Å². The Hall–Kier alpha value is -3.20. The predicted octanol–water partition coefficient (Wildman–Crippen LogP) is 4.73. The molecule has 0 bridgehead atoms. The fraction of sp³-hybridized carbons (Fsp3) is 0.154. The van der Waals surface area contributed by atoms with E-state index in [1.54, 1.807) is 25.1 Å². The molecule has 0 saturated carbocycles. The molecule has 1 aromatic heterocycles. The molecule has 4 rings (SSSR count). The summed E-state index contributed by atoms with van der Waals surface area (Å²) in [6, 6.07) is 28.1. The van der Waals surface area contributed by atoms with Crippen molar-refractivity contribution in [3.05, 3.63) is 120 Å². The van der Waals surface area contributed by atoms with Crippen LogP contribution < -0.4 is 0 Å². The number of aromatic nitrogens is 1. The Bertz CT molecular complexity index is 1440. The van der Waals surface area contributed by atoms with Crippen LogP contribution in [0.2, 0.25) is 0 Å². The zero-order valence-corrected chi connectivity index (χ0v) is 20.6. The Balaban J connectivity index is 1.80. The van der Waals surface area contributed by atoms with Crippen molar-refractivity contribution in [3.8, 4) is 0 Å². The van der Waals surface area contributed by atoms with Crippen LogP contribution in [0.25, 0.3) is 0 Å². The molecule has 3 aromatic carbocycles. The minimum Gasteiger partial charge on any atom is -0.242 e. The quantitative estimate of drug-likeness (QED) is 0.355. The predicted molar refractivity (Wildman–Crippen MR) is 132 cm³/mol. The Morgan fingerprint density at radius 1 is 0.676 bits per heavy atom. The summed E-state index contributed by atoms with van der Waals surface area (Å²) in [6.45, 7) is 3.45. The molecule has 6 nitrogen and oxygen atoms in total. The van der Waals surface area contributed by atoms with E-state index in [-0.39, 0.29) is 28.6 Å². The summed E-state index contributed by atoms with van der Waals surface area (Å²) in [4.78, 5) is 0.0857. The smallest absolute Gasteiger partial charge is 0.242 e. The van der Waals surface area contributed by atoms with E-state index in [9.17, 15) is 16.8 Å². The molecule has 0 unspecified atom stereocenters. The van der Waals surface area contributed by atoms with Crippen LogP contribution in [0, 0.1) is 13.8 Å². The molecule has 0 amide bonds. The molecule has 0 saturated heterocycles. The maximum absolute atomic E-state index is 13.9. The molecule has 4 aromatic rings. The van der Waals surface area contributed by atoms with Gasteiger partial charge in [0.25, 0.3) is 10.0 Å². The first-order chi connectivity index (χ1) is 16.2. The van der Waals surface area contributed by atoms with E-state index >= 15 is 0 Å². The second-order valence-electron chi connectivity index (χ2n) is 8.06. The average Bonchev–Trinajstić information content (AvgIpc) is 3.15. The molecular weight excluding hydrogens is 468 g/mol. The van der Waals surface area contributed by atoms with Gasteiger partial charge in [0, 0.05) is 18.8 Å². The molecule has 0 radical (unpaired) electrons. The summed E-state index contributed by atoms with van der Waals surface area (Å²) >= 11 is 0. The lowest BCUT2D eigenvalue weighted by atomic mass is 10.2. The van der Waals surface area contributed by atoms with Crippen molar-refractivity contribution in [1.29, 1.82) is 0 Å². The summed E-state index contributed by atoms with van der Waals surface area (Å²) in [5, 5.41) is 0. The van der Waals surface area contributed by atoms with Gasteiger partial charge < -0.3 is 0 Å². The molecule has 1 heterocycles. The molecule has 34 heavy (non-hydrogen) atoms. The fourth-order valence-electron chi connectivity index (χ4n) is 3.99. The molecule has 0 spiro atoms. The van der Waals surface area contributed by atoms with Crippen LogP contribution in [0.15, 0.2) is 107 Å². The third-order valence-electron chi connectivity index (χ3n) is 5.62. The number of benzene rings is 3. The largest absolute Gasteiger partial charge is 0.268 e. The zero-order chi connectivity index (χ0) is 24.3. The molecule has 0 N–H and O–H groups in total. The van der Waals surface area contributed by atoms with E-state index < -0.39 is 20.0 Å². The number of rotatable bonds is 8. The number of sulfonamides is 1. The first-order valence-electron chi connectivity index (χ1n) is 10.8. The molecule has 8 heteroatoms. The monoisotopic (exact) mass is 494 g/mol. The highest BCUT2D eigenvalue weighted by Gasteiger charge is 2.32. The van der Waals surface area contributed by atoms with Crippen LogP contribution >= 0.6 is 0 Å². The van der Waals surface area contributed by atoms with E-state index in [4.69, 9.17) is 0 Å². The molecule has 0 aliphatic carbocycles. The van der Waals surface area contributed by atoms with Crippen LogP contribution in [0.5, 0.6) is 0 Å². The SMILES string of the molecule is Cc1cc(S(=O)(=O)N(Cc2ccccc2)Cc2ccccc2)c(C)n1S(=O)(=O)c1ccccc1. The lowest BCUT2D eigenvalue weighted by Crippen LogP contribution is -2.30. The van der Waals surface area contributed by atoms with E-state index in [0.29, 0.717) is 5.69 Å². The second-order valence-corrected chi connectivity index (χ2v) is 11.8. The highest BCUT2D eigenvalue weighted by atomic mass is 32.2. The standard InChI is InChI=1S/C26H26N2O4S2/c1-21-18-26(22(2)28(21)33(29,30)25-16-10-5-11-17-25)34(31,32)27(19-23-12-6-3-7-13-23)20-24-14-8-4-9-15-24/h3-18H,19-20H2,1-2H3. The molecular formula is C26H26N2O4S2. The van der Waals surface area contributed by atoms with Gasteiger partial charge in [-0.1, -0.05) is 78.9 Å². The van der Waals surface area contributed by atoms with Gasteiger partial charge in [0.05, 0.1) is 10.6 Å². The second kappa shape index (κ2) is 9.58. The highest BCUT2D eigenvalue weighted by Crippen LogP contribution is 2.29. The normalized spacial score (nSPS) is 12.2. The van der Waals surface area contributed by atoms with Crippen molar-refractivity contribution in [1.82, 2.24) is 8.28 Å². The van der Waals surface area contributed by atoms with E-state index in [0.717, 1.165) is 15.1 Å². The zero-order valence-electron chi connectivity index (χ0n) is 19.0. The minimum atomic E-state index is -4.02. The van der Waals surface area contributed by atoms with Gasteiger partial charge in [-0.25, -0.2) is 20.8 Å². The van der Waals surface area contributed by atoms with Crippen LogP contribution in [-0.4, -0.2) is 25.1 Å². The van der Waals surface area contributed by atoms with Gasteiger partial charge in [0.2, 0.25) is 10.0 Å². The summed E-state index contributed by atoms with van der Waals surface area (Å²) < 4.78 is 57.0. The van der Waals surface area contributed by atoms with Crippen LogP contribution in [0.1, 0.15) is 22.5 Å². The van der Waals surface area contributed by atoms with Crippen LogP contribution in [0.4, 0.5) is 0 Å². The van der Waals surface area contributed by atoms with Gasteiger partial charge in [-0.05, 0) is 43.2 Å². The number of nitrogens with zero attached hydrogens (tertiary/aromatic N) is 2. The maximum atomic E-state index is 13.9. The van der Waals surface area contributed by atoms with E-state index in [1.165, 1.54) is 29.4 Å². The fourth-order valence-corrected chi connectivity index (χ4v) is 7.35. The van der Waals surface area contributed by atoms with Crippen molar-refractivity contribution in [2.45, 2.75) is 36.7 Å². The van der Waals surface area contributed by atoms with E-state index in [1.807, 2.05) is 60.7 Å². The first-order valence-corrected chi connectivity index (χ1v) is 13.7. The van der Waals surface area contributed by atoms with Gasteiger partial charge >= 0.3 is 0 Å². The van der Waals surface area contributed by atoms with Gasteiger partial charge in [0.15, 0.2) is 0 Å².